The number of hydrogen-bond donors (Lipinski definition) is 0. The molecule has 60 valence electrons. The lowest BCUT2D eigenvalue weighted by Crippen LogP contribution is -1.81. The molecule has 2 aromatic rings. The number of hydrogen-bond acceptors (Lipinski definition) is 3. The standard InChI is InChI=1S/C8H5BrN2S/c9-8-7(11-5-12-8)6-3-1-2-4-10-6/h1-5H. The second-order valence-corrected chi connectivity index (χ2v) is 4.36. The van der Waals surface area contributed by atoms with E-state index in [0.717, 1.165) is 15.2 Å². The van der Waals surface area contributed by atoms with Crippen molar-refractivity contribution in [3.05, 3.63) is 33.7 Å². The molecular weight excluding hydrogens is 236 g/mol. The summed E-state index contributed by atoms with van der Waals surface area (Å²) in [6, 6.07) is 5.79. The summed E-state index contributed by atoms with van der Waals surface area (Å²) in [4.78, 5) is 8.39. The van der Waals surface area contributed by atoms with Crippen molar-refractivity contribution in [3.8, 4) is 11.4 Å². The van der Waals surface area contributed by atoms with E-state index in [4.69, 9.17) is 0 Å². The molecule has 0 fully saturated rings. The fraction of sp³-hybridized carbons (Fsp3) is 0. The van der Waals surface area contributed by atoms with Gasteiger partial charge in [-0.05, 0) is 28.1 Å². The van der Waals surface area contributed by atoms with E-state index in [9.17, 15) is 0 Å². The topological polar surface area (TPSA) is 25.8 Å². The van der Waals surface area contributed by atoms with Crippen LogP contribution in [0.15, 0.2) is 33.7 Å². The third-order valence-electron chi connectivity index (χ3n) is 1.43. The van der Waals surface area contributed by atoms with E-state index in [-0.39, 0.29) is 0 Å². The van der Waals surface area contributed by atoms with E-state index in [2.05, 4.69) is 25.9 Å². The van der Waals surface area contributed by atoms with Gasteiger partial charge in [0.05, 0.1) is 15.0 Å². The Morgan fingerprint density at radius 3 is 2.75 bits per heavy atom. The van der Waals surface area contributed by atoms with E-state index in [1.54, 1.807) is 23.0 Å². The van der Waals surface area contributed by atoms with Gasteiger partial charge in [0.2, 0.25) is 0 Å². The fourth-order valence-electron chi connectivity index (χ4n) is 0.902. The number of thiazole rings is 1. The summed E-state index contributed by atoms with van der Waals surface area (Å²) in [6.45, 7) is 0. The number of nitrogens with zero attached hydrogens (tertiary/aromatic N) is 2. The molecule has 2 nitrogen and oxygen atoms in total. The molecule has 0 unspecified atom stereocenters. The van der Waals surface area contributed by atoms with Gasteiger partial charge in [-0.2, -0.15) is 0 Å². The van der Waals surface area contributed by atoms with Crippen LogP contribution in [0.1, 0.15) is 0 Å². The Hall–Kier alpha value is -0.740. The zero-order chi connectivity index (χ0) is 8.39. The third-order valence-corrected chi connectivity index (χ3v) is 2.98. The van der Waals surface area contributed by atoms with Gasteiger partial charge < -0.3 is 0 Å². The van der Waals surface area contributed by atoms with Crippen LogP contribution >= 0.6 is 27.3 Å². The molecule has 2 aromatic heterocycles. The van der Waals surface area contributed by atoms with Gasteiger partial charge in [0.25, 0.3) is 0 Å². The summed E-state index contributed by atoms with van der Waals surface area (Å²) in [7, 11) is 0. The average molecular weight is 241 g/mol. The number of halogens is 1. The van der Waals surface area contributed by atoms with Crippen LogP contribution in [0.4, 0.5) is 0 Å². The molecular formula is C8H5BrN2S. The van der Waals surface area contributed by atoms with Crippen molar-refractivity contribution >= 4 is 27.3 Å². The first kappa shape index (κ1) is 7.89. The van der Waals surface area contributed by atoms with Gasteiger partial charge >= 0.3 is 0 Å². The molecule has 0 bridgehead atoms. The summed E-state index contributed by atoms with van der Waals surface area (Å²) in [6.07, 6.45) is 1.76. The smallest absolute Gasteiger partial charge is 0.114 e. The molecule has 0 atom stereocenters. The predicted molar refractivity (Wildman–Crippen MR) is 53.0 cm³/mol. The molecule has 2 rings (SSSR count). The first-order chi connectivity index (χ1) is 5.88. The Morgan fingerprint density at radius 1 is 1.25 bits per heavy atom. The Labute approximate surface area is 82.4 Å². The lowest BCUT2D eigenvalue weighted by atomic mass is 10.3. The van der Waals surface area contributed by atoms with Gasteiger partial charge in [-0.25, -0.2) is 4.98 Å². The monoisotopic (exact) mass is 240 g/mol. The highest BCUT2D eigenvalue weighted by Gasteiger charge is 2.05. The summed E-state index contributed by atoms with van der Waals surface area (Å²) in [5, 5.41) is 0. The van der Waals surface area contributed by atoms with Crippen LogP contribution in [0.3, 0.4) is 0 Å². The van der Waals surface area contributed by atoms with Gasteiger partial charge in [-0.15, -0.1) is 11.3 Å². The van der Waals surface area contributed by atoms with E-state index < -0.39 is 0 Å². The van der Waals surface area contributed by atoms with Gasteiger partial charge in [0.1, 0.15) is 5.69 Å². The number of pyridine rings is 1. The second-order valence-electron chi connectivity index (χ2n) is 2.19. The lowest BCUT2D eigenvalue weighted by molar-refractivity contribution is 1.28. The zero-order valence-corrected chi connectivity index (χ0v) is 8.47. The Bertz CT molecular complexity index is 372. The maximum Gasteiger partial charge on any atom is 0.114 e. The summed E-state index contributed by atoms with van der Waals surface area (Å²) in [5.41, 5.74) is 3.62. The van der Waals surface area contributed by atoms with Crippen molar-refractivity contribution in [1.29, 1.82) is 0 Å². The molecule has 0 saturated heterocycles. The molecule has 0 spiro atoms. The highest BCUT2D eigenvalue weighted by atomic mass is 79.9. The zero-order valence-electron chi connectivity index (χ0n) is 6.07. The van der Waals surface area contributed by atoms with Crippen LogP contribution < -0.4 is 0 Å². The molecule has 2 heterocycles. The first-order valence-electron chi connectivity index (χ1n) is 3.38. The van der Waals surface area contributed by atoms with Crippen molar-refractivity contribution in [2.75, 3.05) is 0 Å². The SMILES string of the molecule is Brc1scnc1-c1ccccn1. The van der Waals surface area contributed by atoms with Crippen LogP contribution in [-0.2, 0) is 0 Å². The minimum Gasteiger partial charge on any atom is -0.255 e. The van der Waals surface area contributed by atoms with Crippen LogP contribution in [0.5, 0.6) is 0 Å². The molecule has 0 aliphatic heterocycles. The van der Waals surface area contributed by atoms with Crippen molar-refractivity contribution in [1.82, 2.24) is 9.97 Å². The van der Waals surface area contributed by atoms with Crippen molar-refractivity contribution < 1.29 is 0 Å². The lowest BCUT2D eigenvalue weighted by Gasteiger charge is -1.93. The summed E-state index contributed by atoms with van der Waals surface area (Å²) >= 11 is 4.98. The average Bonchev–Trinajstić information content (AvgIpc) is 2.53. The van der Waals surface area contributed by atoms with Crippen LogP contribution in [0.2, 0.25) is 0 Å². The Balaban J connectivity index is 2.51. The molecule has 12 heavy (non-hydrogen) atoms. The van der Waals surface area contributed by atoms with E-state index in [1.807, 2.05) is 18.2 Å². The van der Waals surface area contributed by atoms with Crippen LogP contribution in [-0.4, -0.2) is 9.97 Å². The largest absolute Gasteiger partial charge is 0.255 e. The quantitative estimate of drug-likeness (QED) is 0.767. The van der Waals surface area contributed by atoms with Gasteiger partial charge in [0.15, 0.2) is 0 Å². The summed E-state index contributed by atoms with van der Waals surface area (Å²) < 4.78 is 1.03. The molecule has 0 amide bonds. The predicted octanol–water partition coefficient (Wildman–Crippen LogP) is 2.97. The molecule has 4 heteroatoms. The fourth-order valence-corrected chi connectivity index (χ4v) is 1.98. The molecule has 0 aliphatic rings. The minimum atomic E-state index is 0.908. The van der Waals surface area contributed by atoms with E-state index in [1.165, 1.54) is 0 Å². The van der Waals surface area contributed by atoms with Gasteiger partial charge in [-0.3, -0.25) is 4.98 Å². The van der Waals surface area contributed by atoms with Crippen LogP contribution in [0.25, 0.3) is 11.4 Å². The van der Waals surface area contributed by atoms with Gasteiger partial charge in [-0.1, -0.05) is 6.07 Å². The number of rotatable bonds is 1. The molecule has 0 radical (unpaired) electrons. The van der Waals surface area contributed by atoms with Crippen molar-refractivity contribution in [3.63, 3.8) is 0 Å². The minimum absolute atomic E-state index is 0.908. The Morgan fingerprint density at radius 2 is 2.17 bits per heavy atom. The second kappa shape index (κ2) is 3.33. The van der Waals surface area contributed by atoms with E-state index in [0.29, 0.717) is 0 Å². The molecule has 0 aliphatic carbocycles. The highest BCUT2D eigenvalue weighted by Crippen LogP contribution is 2.28. The Kier molecular flexibility index (Phi) is 2.19. The highest BCUT2D eigenvalue weighted by molar-refractivity contribution is 9.11. The van der Waals surface area contributed by atoms with Gasteiger partial charge in [0, 0.05) is 6.20 Å². The van der Waals surface area contributed by atoms with Crippen molar-refractivity contribution in [2.45, 2.75) is 0 Å². The molecule has 0 N–H and O–H groups in total. The maximum absolute atomic E-state index is 4.20. The third kappa shape index (κ3) is 1.40. The van der Waals surface area contributed by atoms with Crippen LogP contribution in [0, 0.1) is 0 Å². The molecule has 0 aromatic carbocycles. The normalized spacial score (nSPS) is 10.1. The van der Waals surface area contributed by atoms with Crippen molar-refractivity contribution in [2.24, 2.45) is 0 Å². The molecule has 0 saturated carbocycles. The first-order valence-corrected chi connectivity index (χ1v) is 5.05. The van der Waals surface area contributed by atoms with E-state index >= 15 is 0 Å². The number of aromatic nitrogens is 2. The maximum atomic E-state index is 4.20. The summed E-state index contributed by atoms with van der Waals surface area (Å²) in [5.74, 6) is 0.